The fourth-order valence-corrected chi connectivity index (χ4v) is 3.18. The number of ketones is 1. The van der Waals surface area contributed by atoms with Gasteiger partial charge in [-0.15, -0.1) is 0 Å². The number of fused-ring (bicyclic) bond motifs is 1. The number of aromatic nitrogens is 1. The van der Waals surface area contributed by atoms with Crippen molar-refractivity contribution in [2.75, 3.05) is 36.9 Å². The van der Waals surface area contributed by atoms with Crippen molar-refractivity contribution in [3.05, 3.63) is 71.8 Å². The molecule has 0 saturated carbocycles. The number of ether oxygens (including phenoxy) is 1. The maximum Gasteiger partial charge on any atom is 0.185 e. The van der Waals surface area contributed by atoms with E-state index < -0.39 is 0 Å². The molecule has 2 aromatic carbocycles. The van der Waals surface area contributed by atoms with Gasteiger partial charge in [-0.25, -0.2) is 4.98 Å². The van der Waals surface area contributed by atoms with E-state index in [9.17, 15) is 4.79 Å². The van der Waals surface area contributed by atoms with Crippen LogP contribution in [0.5, 0.6) is 0 Å². The van der Waals surface area contributed by atoms with Crippen molar-refractivity contribution in [1.82, 2.24) is 4.98 Å². The van der Waals surface area contributed by atoms with E-state index in [-0.39, 0.29) is 5.78 Å². The van der Waals surface area contributed by atoms with Crippen molar-refractivity contribution in [2.45, 2.75) is 0 Å². The minimum Gasteiger partial charge on any atom is -0.399 e. The van der Waals surface area contributed by atoms with Crippen LogP contribution < -0.4 is 10.6 Å². The van der Waals surface area contributed by atoms with Gasteiger partial charge >= 0.3 is 0 Å². The summed E-state index contributed by atoms with van der Waals surface area (Å²) >= 11 is 0. The Morgan fingerprint density at radius 3 is 2.59 bits per heavy atom. The quantitative estimate of drug-likeness (QED) is 0.438. The molecule has 0 unspecified atom stereocenters. The number of hydrogen-bond acceptors (Lipinski definition) is 5. The molecule has 2 heterocycles. The van der Waals surface area contributed by atoms with Gasteiger partial charge < -0.3 is 15.4 Å². The lowest BCUT2D eigenvalue weighted by Crippen LogP contribution is -2.37. The number of hydrogen-bond donors (Lipinski definition) is 1. The predicted octanol–water partition coefficient (Wildman–Crippen LogP) is 3.55. The second kappa shape index (κ2) is 7.60. The molecule has 0 amide bonds. The van der Waals surface area contributed by atoms with Gasteiger partial charge in [0, 0.05) is 35.3 Å². The Morgan fingerprint density at radius 1 is 1.07 bits per heavy atom. The third-order valence-electron chi connectivity index (χ3n) is 4.65. The van der Waals surface area contributed by atoms with Gasteiger partial charge in [-0.2, -0.15) is 0 Å². The number of para-hydroxylation sites is 1. The van der Waals surface area contributed by atoms with Gasteiger partial charge in [0.1, 0.15) is 5.82 Å². The number of carbonyl (C=O) groups excluding carboxylic acids is 1. The zero-order valence-electron chi connectivity index (χ0n) is 15.0. The normalized spacial score (nSPS) is 14.7. The Hall–Kier alpha value is -3.18. The monoisotopic (exact) mass is 359 g/mol. The highest BCUT2D eigenvalue weighted by molar-refractivity contribution is 6.07. The molecule has 5 nitrogen and oxygen atoms in total. The van der Waals surface area contributed by atoms with Crippen molar-refractivity contribution < 1.29 is 9.53 Å². The highest BCUT2D eigenvalue weighted by Crippen LogP contribution is 2.26. The summed E-state index contributed by atoms with van der Waals surface area (Å²) in [6.45, 7) is 2.94. The van der Waals surface area contributed by atoms with Gasteiger partial charge in [-0.05, 0) is 48.6 Å². The molecule has 4 rings (SSSR count). The summed E-state index contributed by atoms with van der Waals surface area (Å²) in [6, 6.07) is 17.0. The SMILES string of the molecule is Nc1ccc(C(=O)C=Cc2cc3ccccc3nc2N2CCOCC2)cc1. The van der Waals surface area contributed by atoms with E-state index in [4.69, 9.17) is 15.5 Å². The molecule has 27 heavy (non-hydrogen) atoms. The van der Waals surface area contributed by atoms with Gasteiger partial charge in [0.05, 0.1) is 18.7 Å². The van der Waals surface area contributed by atoms with E-state index in [0.717, 1.165) is 35.4 Å². The number of anilines is 2. The van der Waals surface area contributed by atoms with Crippen LogP contribution in [0.3, 0.4) is 0 Å². The van der Waals surface area contributed by atoms with E-state index in [2.05, 4.69) is 11.0 Å². The Kier molecular flexibility index (Phi) is 4.85. The van der Waals surface area contributed by atoms with Crippen LogP contribution in [-0.4, -0.2) is 37.1 Å². The molecule has 1 fully saturated rings. The molecule has 3 aromatic rings. The van der Waals surface area contributed by atoms with Crippen molar-refractivity contribution in [1.29, 1.82) is 0 Å². The average Bonchev–Trinajstić information content (AvgIpc) is 2.72. The standard InChI is InChI=1S/C22H21N3O2/c23-19-8-5-16(6-9-19)21(26)10-7-18-15-17-3-1-2-4-20(17)24-22(18)25-11-13-27-14-12-25/h1-10,15H,11-14,23H2. The van der Waals surface area contributed by atoms with Crippen LogP contribution in [0, 0.1) is 0 Å². The first-order valence-electron chi connectivity index (χ1n) is 9.01. The second-order valence-electron chi connectivity index (χ2n) is 6.51. The average molecular weight is 359 g/mol. The lowest BCUT2D eigenvalue weighted by atomic mass is 10.1. The largest absolute Gasteiger partial charge is 0.399 e. The maximum atomic E-state index is 12.5. The summed E-state index contributed by atoms with van der Waals surface area (Å²) in [5, 5.41) is 1.05. The number of benzene rings is 2. The number of pyridine rings is 1. The van der Waals surface area contributed by atoms with Crippen molar-refractivity contribution in [3.8, 4) is 0 Å². The minimum absolute atomic E-state index is 0.0592. The molecule has 5 heteroatoms. The molecule has 0 bridgehead atoms. The zero-order chi connectivity index (χ0) is 18.6. The molecule has 1 saturated heterocycles. The third kappa shape index (κ3) is 3.83. The van der Waals surface area contributed by atoms with Crippen LogP contribution in [0.25, 0.3) is 17.0 Å². The fourth-order valence-electron chi connectivity index (χ4n) is 3.18. The van der Waals surface area contributed by atoms with Crippen molar-refractivity contribution >= 4 is 34.3 Å². The molecule has 0 aliphatic carbocycles. The summed E-state index contributed by atoms with van der Waals surface area (Å²) in [5.41, 5.74) is 8.82. The Morgan fingerprint density at radius 2 is 1.81 bits per heavy atom. The van der Waals surface area contributed by atoms with Gasteiger partial charge in [0.25, 0.3) is 0 Å². The van der Waals surface area contributed by atoms with Crippen LogP contribution >= 0.6 is 0 Å². The predicted molar refractivity (Wildman–Crippen MR) is 109 cm³/mol. The maximum absolute atomic E-state index is 12.5. The highest BCUT2D eigenvalue weighted by Gasteiger charge is 2.16. The summed E-state index contributed by atoms with van der Waals surface area (Å²) in [7, 11) is 0. The molecule has 1 aliphatic rings. The summed E-state index contributed by atoms with van der Waals surface area (Å²) in [6.07, 6.45) is 3.45. The first kappa shape index (κ1) is 17.2. The van der Waals surface area contributed by atoms with Crippen LogP contribution in [-0.2, 0) is 4.74 Å². The fraction of sp³-hybridized carbons (Fsp3) is 0.182. The van der Waals surface area contributed by atoms with E-state index in [1.165, 1.54) is 0 Å². The van der Waals surface area contributed by atoms with E-state index in [1.54, 1.807) is 30.3 Å². The minimum atomic E-state index is -0.0592. The smallest absolute Gasteiger partial charge is 0.185 e. The molecular formula is C22H21N3O2. The van der Waals surface area contributed by atoms with E-state index in [0.29, 0.717) is 24.5 Å². The lowest BCUT2D eigenvalue weighted by molar-refractivity contribution is 0.104. The van der Waals surface area contributed by atoms with Crippen LogP contribution in [0.1, 0.15) is 15.9 Å². The van der Waals surface area contributed by atoms with Gasteiger partial charge in [-0.1, -0.05) is 18.2 Å². The number of nitrogens with two attached hydrogens (primary N) is 1. The first-order valence-corrected chi connectivity index (χ1v) is 9.01. The number of rotatable bonds is 4. The topological polar surface area (TPSA) is 68.5 Å². The highest BCUT2D eigenvalue weighted by atomic mass is 16.5. The summed E-state index contributed by atoms with van der Waals surface area (Å²) in [5.74, 6) is 0.828. The Balaban J connectivity index is 1.70. The first-order chi connectivity index (χ1) is 13.2. The number of carbonyl (C=O) groups is 1. The number of morpholine rings is 1. The molecule has 0 spiro atoms. The molecule has 1 aromatic heterocycles. The van der Waals surface area contributed by atoms with E-state index >= 15 is 0 Å². The Bertz CT molecular complexity index is 990. The van der Waals surface area contributed by atoms with Gasteiger partial charge in [0.2, 0.25) is 0 Å². The van der Waals surface area contributed by atoms with E-state index in [1.807, 2.05) is 30.3 Å². The number of nitrogen functional groups attached to an aromatic ring is 1. The lowest BCUT2D eigenvalue weighted by Gasteiger charge is -2.29. The van der Waals surface area contributed by atoms with Crippen LogP contribution in [0.4, 0.5) is 11.5 Å². The number of allylic oxidation sites excluding steroid dienone is 1. The van der Waals surface area contributed by atoms with Crippen molar-refractivity contribution in [2.24, 2.45) is 0 Å². The van der Waals surface area contributed by atoms with Gasteiger partial charge in [0.15, 0.2) is 5.78 Å². The third-order valence-corrected chi connectivity index (χ3v) is 4.65. The summed E-state index contributed by atoms with van der Waals surface area (Å²) in [4.78, 5) is 19.6. The van der Waals surface area contributed by atoms with Crippen LogP contribution in [0.2, 0.25) is 0 Å². The van der Waals surface area contributed by atoms with Gasteiger partial charge in [-0.3, -0.25) is 4.79 Å². The zero-order valence-corrected chi connectivity index (χ0v) is 15.0. The molecule has 1 aliphatic heterocycles. The molecule has 136 valence electrons. The van der Waals surface area contributed by atoms with Crippen molar-refractivity contribution in [3.63, 3.8) is 0 Å². The molecule has 0 radical (unpaired) electrons. The summed E-state index contributed by atoms with van der Waals surface area (Å²) < 4.78 is 5.46. The molecular weight excluding hydrogens is 338 g/mol. The van der Waals surface area contributed by atoms with Crippen LogP contribution in [0.15, 0.2) is 60.7 Å². The second-order valence-corrected chi connectivity index (χ2v) is 6.51. The molecule has 0 atom stereocenters. The Labute approximate surface area is 158 Å². The molecule has 2 N–H and O–H groups in total. The number of nitrogens with zero attached hydrogens (tertiary/aromatic N) is 2.